The maximum atomic E-state index is 11.7. The molecule has 64 heavy (non-hydrogen) atoms. The van der Waals surface area contributed by atoms with Crippen molar-refractivity contribution in [3.63, 3.8) is 0 Å². The number of aromatic hydroxyl groups is 1. The molecule has 0 spiro atoms. The summed E-state index contributed by atoms with van der Waals surface area (Å²) in [4.78, 5) is 15.7. The van der Waals surface area contributed by atoms with Crippen molar-refractivity contribution in [2.45, 2.75) is 78.6 Å². The van der Waals surface area contributed by atoms with Crippen LogP contribution in [0.3, 0.4) is 0 Å². The van der Waals surface area contributed by atoms with Gasteiger partial charge in [-0.1, -0.05) is 152 Å². The fourth-order valence-corrected chi connectivity index (χ4v) is 8.68. The molecule has 6 nitrogen and oxygen atoms in total. The second-order valence-corrected chi connectivity index (χ2v) is 19.9. The number of furan rings is 1. The number of benzene rings is 6. The van der Waals surface area contributed by atoms with Crippen LogP contribution in [0.5, 0.6) is 5.75 Å². The van der Waals surface area contributed by atoms with Gasteiger partial charge in [0, 0.05) is 61.0 Å². The largest absolute Gasteiger partial charge is 0.506 e. The van der Waals surface area contributed by atoms with E-state index in [1.165, 1.54) is 11.1 Å². The minimum absolute atomic E-state index is 0. The van der Waals surface area contributed by atoms with Crippen LogP contribution in [-0.4, -0.2) is 24.6 Å². The maximum Gasteiger partial charge on any atom is 0.157 e. The second-order valence-electron chi connectivity index (χ2n) is 19.9. The summed E-state index contributed by atoms with van der Waals surface area (Å²) in [7, 11) is 0. The number of hydrogen-bond acceptors (Lipinski definition) is 5. The van der Waals surface area contributed by atoms with E-state index < -0.39 is 0 Å². The summed E-state index contributed by atoms with van der Waals surface area (Å²) in [6.07, 6.45) is 1.87. The van der Waals surface area contributed by atoms with Gasteiger partial charge in [0.15, 0.2) is 5.58 Å². The predicted octanol–water partition coefficient (Wildman–Crippen LogP) is 14.9. The van der Waals surface area contributed by atoms with Crippen molar-refractivity contribution in [2.24, 2.45) is 0 Å². The van der Waals surface area contributed by atoms with Crippen LogP contribution in [-0.2, 0) is 37.3 Å². The molecule has 0 saturated carbocycles. The van der Waals surface area contributed by atoms with Gasteiger partial charge in [-0.25, -0.2) is 4.98 Å². The first kappa shape index (κ1) is 42.9. The van der Waals surface area contributed by atoms with Gasteiger partial charge in [-0.2, -0.15) is 0 Å². The summed E-state index contributed by atoms with van der Waals surface area (Å²) in [6.45, 7) is 20.3. The predicted molar refractivity (Wildman–Crippen MR) is 260 cm³/mol. The summed E-state index contributed by atoms with van der Waals surface area (Å²) in [5, 5.41) is 13.7. The average molecular weight is 1020 g/mol. The van der Waals surface area contributed by atoms with Crippen molar-refractivity contribution >= 4 is 44.0 Å². The number of para-hydroxylation sites is 2. The smallest absolute Gasteiger partial charge is 0.157 e. The normalized spacial score (nSPS) is 12.4. The molecular weight excluding hydrogens is 968 g/mol. The van der Waals surface area contributed by atoms with Crippen LogP contribution in [0.15, 0.2) is 144 Å². The molecule has 0 radical (unpaired) electrons. The molecule has 6 aromatic carbocycles. The van der Waals surface area contributed by atoms with E-state index in [9.17, 15) is 5.11 Å². The van der Waals surface area contributed by atoms with E-state index >= 15 is 0 Å². The SMILES string of the molecule is CC(C)(C)c1cc(-c2cc(C(C)(C)C)cc3cccnc23)[c-]c(-c2nc3c(-c4nc5c(cc4O)oc4ccccc45)cccc3n2-c2ccc(C(C)(C)C)cc2-c2ccccc2)c1.[Pt]. The summed E-state index contributed by atoms with van der Waals surface area (Å²) in [6, 6.07) is 50.2. The summed E-state index contributed by atoms with van der Waals surface area (Å²) in [5.74, 6) is 0.746. The van der Waals surface area contributed by atoms with Crippen LogP contribution >= 0.6 is 0 Å². The van der Waals surface area contributed by atoms with E-state index in [0.29, 0.717) is 27.9 Å². The Morgan fingerprint density at radius 1 is 0.547 bits per heavy atom. The molecular formula is C57H51N4O2Pt-. The first-order valence-electron chi connectivity index (χ1n) is 21.7. The molecule has 0 aliphatic heterocycles. The van der Waals surface area contributed by atoms with Crippen molar-refractivity contribution in [1.29, 1.82) is 0 Å². The first-order chi connectivity index (χ1) is 30.0. The Balaban J connectivity index is 0.00000518. The molecule has 0 aliphatic carbocycles. The van der Waals surface area contributed by atoms with Crippen molar-refractivity contribution < 1.29 is 30.6 Å². The third-order valence-electron chi connectivity index (χ3n) is 12.3. The van der Waals surface area contributed by atoms with Crippen LogP contribution < -0.4 is 0 Å². The molecule has 0 unspecified atom stereocenters. The summed E-state index contributed by atoms with van der Waals surface area (Å²) >= 11 is 0. The molecule has 0 amide bonds. The number of nitrogens with zero attached hydrogens (tertiary/aromatic N) is 4. The Morgan fingerprint density at radius 3 is 1.98 bits per heavy atom. The standard InChI is InChI=1S/C57H51N4O2.Pt/c1-55(2,3)38-24-25-45(43(31-38)34-17-11-10-12-18-34)61-46-22-15-21-42(52-47(62)33-49-53(59-52)41-20-13-14-23-48(41)63-49)51(46)60-54(61)37-27-36(29-39(30-37)56(4,5)6)44-32-40(57(7,8)9)28-35-19-16-26-58-50(35)44;/h10-26,28-33,62H,1-9H3;/q-1;. The van der Waals surface area contributed by atoms with Crippen LogP contribution in [0.1, 0.15) is 79.0 Å². The Morgan fingerprint density at radius 2 is 1.23 bits per heavy atom. The molecule has 322 valence electrons. The molecule has 0 saturated heterocycles. The van der Waals surface area contributed by atoms with Gasteiger partial charge in [-0.15, -0.1) is 29.3 Å². The van der Waals surface area contributed by atoms with Gasteiger partial charge in [0.05, 0.1) is 16.9 Å². The van der Waals surface area contributed by atoms with Gasteiger partial charge in [-0.3, -0.25) is 9.97 Å². The van der Waals surface area contributed by atoms with E-state index in [2.05, 4.69) is 158 Å². The molecule has 1 N–H and O–H groups in total. The van der Waals surface area contributed by atoms with E-state index in [4.69, 9.17) is 19.4 Å². The second kappa shape index (κ2) is 15.7. The van der Waals surface area contributed by atoms with Crippen LogP contribution in [0.2, 0.25) is 0 Å². The van der Waals surface area contributed by atoms with E-state index in [-0.39, 0.29) is 43.1 Å². The monoisotopic (exact) mass is 1020 g/mol. The van der Waals surface area contributed by atoms with E-state index in [1.54, 1.807) is 6.07 Å². The van der Waals surface area contributed by atoms with E-state index in [1.807, 2.05) is 48.7 Å². The Hall–Kier alpha value is -6.36. The fraction of sp³-hybridized carbons (Fsp3) is 0.211. The number of hydrogen-bond donors (Lipinski definition) is 1. The van der Waals surface area contributed by atoms with E-state index in [0.717, 1.165) is 72.3 Å². The Labute approximate surface area is 389 Å². The zero-order chi connectivity index (χ0) is 44.0. The molecule has 0 fully saturated rings. The van der Waals surface area contributed by atoms with Crippen molar-refractivity contribution in [3.05, 3.63) is 162 Å². The molecule has 4 aromatic heterocycles. The zero-order valence-corrected chi connectivity index (χ0v) is 40.0. The van der Waals surface area contributed by atoms with Gasteiger partial charge in [-0.05, 0) is 74.7 Å². The van der Waals surface area contributed by atoms with Crippen molar-refractivity contribution in [1.82, 2.24) is 19.5 Å². The third-order valence-corrected chi connectivity index (χ3v) is 12.3. The topological polar surface area (TPSA) is 77.0 Å². The van der Waals surface area contributed by atoms with Crippen molar-refractivity contribution in [3.8, 4) is 56.3 Å². The third kappa shape index (κ3) is 7.52. The molecule has 0 bridgehead atoms. The maximum absolute atomic E-state index is 11.7. The number of aromatic nitrogens is 4. The first-order valence-corrected chi connectivity index (χ1v) is 21.7. The number of fused-ring (bicyclic) bond motifs is 5. The van der Waals surface area contributed by atoms with Crippen LogP contribution in [0, 0.1) is 6.07 Å². The minimum Gasteiger partial charge on any atom is -0.506 e. The molecule has 0 atom stereocenters. The van der Waals surface area contributed by atoms with Gasteiger partial charge in [0.2, 0.25) is 0 Å². The number of pyridine rings is 2. The molecule has 10 aromatic rings. The van der Waals surface area contributed by atoms with Crippen molar-refractivity contribution in [2.75, 3.05) is 0 Å². The number of rotatable bonds is 5. The Kier molecular flexibility index (Phi) is 10.5. The summed E-state index contributed by atoms with van der Waals surface area (Å²) in [5.41, 5.74) is 14.8. The minimum atomic E-state index is -0.215. The average Bonchev–Trinajstić information content (AvgIpc) is 3.83. The number of imidazole rings is 1. The zero-order valence-electron chi connectivity index (χ0n) is 37.7. The molecule has 7 heteroatoms. The van der Waals surface area contributed by atoms with Crippen LogP contribution in [0.4, 0.5) is 0 Å². The molecule has 4 heterocycles. The van der Waals surface area contributed by atoms with Gasteiger partial charge in [0.25, 0.3) is 0 Å². The Bertz CT molecular complexity index is 3410. The molecule has 10 rings (SSSR count). The molecule has 0 aliphatic rings. The quantitative estimate of drug-likeness (QED) is 0.174. The fourth-order valence-electron chi connectivity index (χ4n) is 8.68. The summed E-state index contributed by atoms with van der Waals surface area (Å²) < 4.78 is 8.41. The van der Waals surface area contributed by atoms with Gasteiger partial charge >= 0.3 is 0 Å². The van der Waals surface area contributed by atoms with Crippen LogP contribution in [0.25, 0.3) is 94.6 Å². The van der Waals surface area contributed by atoms with Gasteiger partial charge in [0.1, 0.15) is 22.5 Å². The van der Waals surface area contributed by atoms with Gasteiger partial charge < -0.3 is 14.1 Å².